The second kappa shape index (κ2) is 4.40. The first-order valence-electron chi connectivity index (χ1n) is 5.39. The zero-order chi connectivity index (χ0) is 13.4. The third-order valence-electron chi connectivity index (χ3n) is 2.73. The van der Waals surface area contributed by atoms with Gasteiger partial charge >= 0.3 is 5.69 Å². The molecule has 0 saturated carbocycles. The van der Waals surface area contributed by atoms with Gasteiger partial charge in [0.2, 0.25) is 5.58 Å². The molecule has 1 saturated heterocycles. The summed E-state index contributed by atoms with van der Waals surface area (Å²) in [7, 11) is 0. The minimum atomic E-state index is -0.582. The van der Waals surface area contributed by atoms with E-state index in [1.54, 1.807) is 0 Å². The van der Waals surface area contributed by atoms with Gasteiger partial charge in [0, 0.05) is 12.1 Å². The maximum atomic E-state index is 12.0. The molecule has 4 N–H and O–H groups in total. The van der Waals surface area contributed by atoms with Gasteiger partial charge < -0.3 is 4.42 Å². The Labute approximate surface area is 105 Å². The summed E-state index contributed by atoms with van der Waals surface area (Å²) in [5.41, 5.74) is 10.0. The average molecular weight is 263 g/mol. The van der Waals surface area contributed by atoms with Crippen molar-refractivity contribution in [2.24, 2.45) is 0 Å². The summed E-state index contributed by atoms with van der Waals surface area (Å²) in [6.07, 6.45) is -0.503. The quantitative estimate of drug-likeness (QED) is 0.434. The van der Waals surface area contributed by atoms with Crippen LogP contribution < -0.4 is 27.3 Å². The molecule has 9 heteroatoms. The molecule has 0 aliphatic carbocycles. The van der Waals surface area contributed by atoms with Crippen LogP contribution in [0.15, 0.2) is 33.5 Å². The number of rotatable bonds is 2. The van der Waals surface area contributed by atoms with Crippen LogP contribution >= 0.6 is 0 Å². The fraction of sp³-hybridized carbons (Fsp3) is 0.100. The van der Waals surface area contributed by atoms with Crippen molar-refractivity contribution in [1.29, 1.82) is 0 Å². The SMILES string of the molecule is O=c1cc(C2NNNN2)oc2c([N+](=O)[O-])cccc12. The Morgan fingerprint density at radius 3 is 2.68 bits per heavy atom. The molecule has 0 radical (unpaired) electrons. The zero-order valence-electron chi connectivity index (χ0n) is 9.47. The van der Waals surface area contributed by atoms with Crippen LogP contribution in [0.4, 0.5) is 5.69 Å². The van der Waals surface area contributed by atoms with Crippen molar-refractivity contribution in [2.75, 3.05) is 0 Å². The summed E-state index contributed by atoms with van der Waals surface area (Å²) in [5, 5.41) is 11.1. The molecule has 98 valence electrons. The third kappa shape index (κ3) is 1.96. The van der Waals surface area contributed by atoms with Crippen LogP contribution in [0.3, 0.4) is 0 Å². The molecule has 2 aromatic rings. The molecular formula is C10H9N5O4. The number of hydrogen-bond acceptors (Lipinski definition) is 8. The van der Waals surface area contributed by atoms with Crippen LogP contribution in [0.25, 0.3) is 11.0 Å². The second-order valence-corrected chi connectivity index (χ2v) is 3.90. The van der Waals surface area contributed by atoms with Gasteiger partial charge in [0.05, 0.1) is 10.3 Å². The van der Waals surface area contributed by atoms with Crippen molar-refractivity contribution in [3.8, 4) is 0 Å². The molecule has 0 spiro atoms. The molecule has 0 atom stereocenters. The number of non-ortho nitro benzene ring substituents is 1. The largest absolute Gasteiger partial charge is 0.450 e. The second-order valence-electron chi connectivity index (χ2n) is 3.90. The van der Waals surface area contributed by atoms with Crippen LogP contribution in [0.2, 0.25) is 0 Å². The van der Waals surface area contributed by atoms with Crippen molar-refractivity contribution in [1.82, 2.24) is 21.9 Å². The average Bonchev–Trinajstić information content (AvgIpc) is 2.91. The summed E-state index contributed by atoms with van der Waals surface area (Å²) in [4.78, 5) is 22.3. The molecule has 1 fully saturated rings. The first kappa shape index (κ1) is 11.7. The van der Waals surface area contributed by atoms with Gasteiger partial charge in [0.1, 0.15) is 11.9 Å². The molecule has 1 aliphatic heterocycles. The van der Waals surface area contributed by atoms with Crippen molar-refractivity contribution in [3.05, 3.63) is 50.4 Å². The number of nitro benzene ring substituents is 1. The minimum Gasteiger partial charge on any atom is -0.450 e. The van der Waals surface area contributed by atoms with E-state index in [-0.39, 0.29) is 27.8 Å². The Morgan fingerprint density at radius 1 is 1.26 bits per heavy atom. The molecule has 3 rings (SSSR count). The van der Waals surface area contributed by atoms with E-state index in [4.69, 9.17) is 4.42 Å². The molecule has 9 nitrogen and oxygen atoms in total. The third-order valence-corrected chi connectivity index (χ3v) is 2.73. The van der Waals surface area contributed by atoms with Crippen LogP contribution in [-0.2, 0) is 0 Å². The van der Waals surface area contributed by atoms with E-state index < -0.39 is 11.1 Å². The van der Waals surface area contributed by atoms with Crippen LogP contribution in [0.1, 0.15) is 11.9 Å². The Balaban J connectivity index is 2.25. The first-order valence-corrected chi connectivity index (χ1v) is 5.39. The number of fused-ring (bicyclic) bond motifs is 1. The number of nitrogens with zero attached hydrogens (tertiary/aromatic N) is 1. The van der Waals surface area contributed by atoms with Gasteiger partial charge in [-0.25, -0.2) is 10.9 Å². The Morgan fingerprint density at radius 2 is 2.00 bits per heavy atom. The van der Waals surface area contributed by atoms with Crippen LogP contribution in [0, 0.1) is 10.1 Å². The smallest absolute Gasteiger partial charge is 0.312 e. The van der Waals surface area contributed by atoms with Gasteiger partial charge in [0.15, 0.2) is 5.43 Å². The summed E-state index contributed by atoms with van der Waals surface area (Å²) < 4.78 is 5.47. The van der Waals surface area contributed by atoms with Crippen molar-refractivity contribution in [2.45, 2.75) is 6.17 Å². The lowest BCUT2D eigenvalue weighted by Crippen LogP contribution is -2.33. The fourth-order valence-electron chi connectivity index (χ4n) is 1.86. The van der Waals surface area contributed by atoms with E-state index in [0.29, 0.717) is 0 Å². The molecule has 0 bridgehead atoms. The monoisotopic (exact) mass is 263 g/mol. The molecule has 2 heterocycles. The van der Waals surface area contributed by atoms with Gasteiger partial charge in [-0.3, -0.25) is 14.9 Å². The van der Waals surface area contributed by atoms with E-state index in [0.717, 1.165) is 0 Å². The fourth-order valence-corrected chi connectivity index (χ4v) is 1.86. The summed E-state index contributed by atoms with van der Waals surface area (Å²) in [5.74, 6) is 0.240. The number of hydrogen-bond donors (Lipinski definition) is 4. The maximum Gasteiger partial charge on any atom is 0.312 e. The molecule has 0 unspecified atom stereocenters. The Kier molecular flexibility index (Phi) is 2.72. The number of benzene rings is 1. The lowest BCUT2D eigenvalue weighted by Gasteiger charge is -2.08. The molecule has 1 aromatic heterocycles. The van der Waals surface area contributed by atoms with E-state index >= 15 is 0 Å². The molecule has 19 heavy (non-hydrogen) atoms. The highest BCUT2D eigenvalue weighted by Gasteiger charge is 2.22. The summed E-state index contributed by atoms with van der Waals surface area (Å²) in [6.45, 7) is 0. The Bertz CT molecular complexity index is 707. The standard InChI is InChI=1S/C10H9N5O4/c16-7-4-8(10-11-13-14-12-10)19-9-5(7)2-1-3-6(9)15(17)18/h1-4,10-14H. The normalized spacial score (nSPS) is 16.0. The van der Waals surface area contributed by atoms with Crippen molar-refractivity contribution in [3.63, 3.8) is 0 Å². The summed E-state index contributed by atoms with van der Waals surface area (Å²) >= 11 is 0. The van der Waals surface area contributed by atoms with Gasteiger partial charge in [-0.2, -0.15) is 11.1 Å². The van der Waals surface area contributed by atoms with Crippen molar-refractivity contribution >= 4 is 16.7 Å². The van der Waals surface area contributed by atoms with E-state index in [2.05, 4.69) is 21.9 Å². The van der Waals surface area contributed by atoms with Gasteiger partial charge in [-0.15, -0.1) is 0 Å². The number of hydrazine groups is 3. The van der Waals surface area contributed by atoms with Gasteiger partial charge in [-0.05, 0) is 6.07 Å². The highest BCUT2D eigenvalue weighted by atomic mass is 16.6. The first-order chi connectivity index (χ1) is 9.16. The van der Waals surface area contributed by atoms with Crippen LogP contribution in [0.5, 0.6) is 0 Å². The molecular weight excluding hydrogens is 254 g/mol. The predicted octanol–water partition coefficient (Wildman–Crippen LogP) is -0.183. The number of nitro groups is 1. The zero-order valence-corrected chi connectivity index (χ0v) is 9.47. The molecule has 1 aliphatic rings. The van der Waals surface area contributed by atoms with Crippen molar-refractivity contribution < 1.29 is 9.34 Å². The number of nitrogens with one attached hydrogen (secondary N) is 4. The predicted molar refractivity (Wildman–Crippen MR) is 64.4 cm³/mol. The lowest BCUT2D eigenvalue weighted by molar-refractivity contribution is -0.383. The van der Waals surface area contributed by atoms with Gasteiger partial charge in [-0.1, -0.05) is 6.07 Å². The Hall–Kier alpha value is -2.33. The molecule has 1 aromatic carbocycles. The van der Waals surface area contributed by atoms with E-state index in [9.17, 15) is 14.9 Å². The maximum absolute atomic E-state index is 12.0. The number of para-hydroxylation sites is 1. The van der Waals surface area contributed by atoms with E-state index in [1.165, 1.54) is 24.3 Å². The summed E-state index contributed by atoms with van der Waals surface area (Å²) in [6, 6.07) is 5.52. The highest BCUT2D eigenvalue weighted by Crippen LogP contribution is 2.25. The lowest BCUT2D eigenvalue weighted by atomic mass is 10.2. The minimum absolute atomic E-state index is 0.0366. The topological polar surface area (TPSA) is 121 Å². The highest BCUT2D eigenvalue weighted by molar-refractivity contribution is 5.84. The molecule has 0 amide bonds. The van der Waals surface area contributed by atoms with Gasteiger partial charge in [0.25, 0.3) is 0 Å². The van der Waals surface area contributed by atoms with Crippen LogP contribution in [-0.4, -0.2) is 4.92 Å². The van der Waals surface area contributed by atoms with E-state index in [1.807, 2.05) is 0 Å².